The molecule has 0 saturated heterocycles. The molecule has 1 rings (SSSR count). The molecule has 3 nitrogen and oxygen atoms in total. The van der Waals surface area contributed by atoms with E-state index in [0.29, 0.717) is 17.2 Å². The van der Waals surface area contributed by atoms with Crippen LogP contribution in [0.4, 0.5) is 10.1 Å². The van der Waals surface area contributed by atoms with Crippen molar-refractivity contribution < 1.29 is 4.39 Å². The number of nitrogens with zero attached hydrogens (tertiary/aromatic N) is 1. The largest absolute Gasteiger partial charge is 0.402 e. The zero-order valence-electron chi connectivity index (χ0n) is 7.87. The molecule has 0 aromatic heterocycles. The van der Waals surface area contributed by atoms with Gasteiger partial charge in [0.1, 0.15) is 11.7 Å². The highest BCUT2D eigenvalue weighted by Crippen LogP contribution is 2.11. The number of aliphatic imine (C=N–C) groups is 1. The van der Waals surface area contributed by atoms with Crippen molar-refractivity contribution in [2.45, 2.75) is 6.92 Å². The van der Waals surface area contributed by atoms with Crippen LogP contribution in [0.5, 0.6) is 0 Å². The molecule has 0 fully saturated rings. The molecule has 1 aromatic rings. The predicted octanol–water partition coefficient (Wildman–Crippen LogP) is 1.68. The Labute approximate surface area is 81.9 Å². The van der Waals surface area contributed by atoms with Gasteiger partial charge in [0.05, 0.1) is 5.69 Å². The lowest BCUT2D eigenvalue weighted by Gasteiger charge is -1.96. The van der Waals surface area contributed by atoms with Crippen LogP contribution in [0.25, 0.3) is 0 Å². The second-order valence-electron chi connectivity index (χ2n) is 2.90. The molecule has 0 atom stereocenters. The van der Waals surface area contributed by atoms with Gasteiger partial charge in [-0.3, -0.25) is 0 Å². The number of halogens is 1. The number of nitrogens with two attached hydrogens (primary N) is 2. The average Bonchev–Trinajstić information content (AvgIpc) is 2.07. The lowest BCUT2D eigenvalue weighted by molar-refractivity contribution is 0.628. The molecule has 0 saturated carbocycles. The Morgan fingerprint density at radius 1 is 1.29 bits per heavy atom. The molecule has 14 heavy (non-hydrogen) atoms. The summed E-state index contributed by atoms with van der Waals surface area (Å²) in [6.45, 7) is 1.72. The molecule has 0 radical (unpaired) electrons. The van der Waals surface area contributed by atoms with Crippen LogP contribution >= 0.6 is 0 Å². The van der Waals surface area contributed by atoms with E-state index >= 15 is 0 Å². The molecular weight excluding hydrogens is 181 g/mol. The second kappa shape index (κ2) is 4.41. The number of amidine groups is 1. The van der Waals surface area contributed by atoms with Gasteiger partial charge in [-0.05, 0) is 37.3 Å². The van der Waals surface area contributed by atoms with Gasteiger partial charge in [-0.15, -0.1) is 0 Å². The van der Waals surface area contributed by atoms with Crippen LogP contribution in [0.2, 0.25) is 0 Å². The first kappa shape index (κ1) is 10.2. The van der Waals surface area contributed by atoms with Crippen LogP contribution in [0.1, 0.15) is 6.92 Å². The van der Waals surface area contributed by atoms with E-state index in [4.69, 9.17) is 11.5 Å². The SMILES string of the molecule is C/C(N)=C/C(N)=Nc1ccc(F)cc1. The number of hydrogen-bond donors (Lipinski definition) is 2. The third-order valence-electron chi connectivity index (χ3n) is 1.46. The standard InChI is InChI=1S/C10H12FN3/c1-7(12)6-10(13)14-9-4-2-8(11)3-5-9/h2-6H,12H2,1H3,(H2,13,14)/b7-6-. The Hall–Kier alpha value is -1.84. The first-order valence-electron chi connectivity index (χ1n) is 4.11. The van der Waals surface area contributed by atoms with Gasteiger partial charge in [0.15, 0.2) is 0 Å². The molecule has 0 bridgehead atoms. The molecule has 0 spiro atoms. The Morgan fingerprint density at radius 3 is 2.36 bits per heavy atom. The van der Waals surface area contributed by atoms with Crippen molar-refractivity contribution in [2.24, 2.45) is 16.5 Å². The Balaban J connectivity index is 2.87. The molecular formula is C10H12FN3. The first-order valence-corrected chi connectivity index (χ1v) is 4.11. The summed E-state index contributed by atoms with van der Waals surface area (Å²) in [5.41, 5.74) is 12.1. The van der Waals surface area contributed by atoms with E-state index in [9.17, 15) is 4.39 Å². The van der Waals surface area contributed by atoms with Crippen molar-refractivity contribution in [3.63, 3.8) is 0 Å². The van der Waals surface area contributed by atoms with Crippen LogP contribution < -0.4 is 11.5 Å². The summed E-state index contributed by atoms with van der Waals surface area (Å²) >= 11 is 0. The van der Waals surface area contributed by atoms with E-state index in [0.717, 1.165) is 0 Å². The molecule has 0 aliphatic heterocycles. The van der Waals surface area contributed by atoms with Crippen molar-refractivity contribution in [3.05, 3.63) is 41.9 Å². The fraction of sp³-hybridized carbons (Fsp3) is 0.100. The lowest BCUT2D eigenvalue weighted by Crippen LogP contribution is -2.09. The molecule has 0 heterocycles. The molecule has 1 aromatic carbocycles. The quantitative estimate of drug-likeness (QED) is 0.554. The minimum absolute atomic E-state index is 0.298. The molecule has 0 amide bonds. The van der Waals surface area contributed by atoms with Crippen LogP contribution in [0.3, 0.4) is 0 Å². The van der Waals surface area contributed by atoms with E-state index in [2.05, 4.69) is 4.99 Å². The van der Waals surface area contributed by atoms with Crippen LogP contribution in [-0.2, 0) is 0 Å². The molecule has 0 aliphatic carbocycles. The fourth-order valence-corrected chi connectivity index (χ4v) is 0.930. The third-order valence-corrected chi connectivity index (χ3v) is 1.46. The van der Waals surface area contributed by atoms with Gasteiger partial charge < -0.3 is 11.5 Å². The van der Waals surface area contributed by atoms with E-state index in [-0.39, 0.29) is 5.82 Å². The average molecular weight is 193 g/mol. The third kappa shape index (κ3) is 3.26. The van der Waals surface area contributed by atoms with Crippen LogP contribution in [0.15, 0.2) is 41.0 Å². The Kier molecular flexibility index (Phi) is 3.23. The molecule has 74 valence electrons. The monoisotopic (exact) mass is 193 g/mol. The van der Waals surface area contributed by atoms with Gasteiger partial charge in [0.2, 0.25) is 0 Å². The maximum Gasteiger partial charge on any atom is 0.125 e. The van der Waals surface area contributed by atoms with Gasteiger partial charge in [-0.25, -0.2) is 9.38 Å². The number of benzene rings is 1. The van der Waals surface area contributed by atoms with E-state index in [1.807, 2.05) is 0 Å². The highest BCUT2D eigenvalue weighted by atomic mass is 19.1. The van der Waals surface area contributed by atoms with Crippen molar-refractivity contribution >= 4 is 11.5 Å². The summed E-state index contributed by atoms with van der Waals surface area (Å²) in [6.07, 6.45) is 1.54. The van der Waals surface area contributed by atoms with Crippen LogP contribution in [-0.4, -0.2) is 5.84 Å². The summed E-state index contributed by atoms with van der Waals surface area (Å²) in [5, 5.41) is 0. The number of hydrogen-bond acceptors (Lipinski definition) is 2. The Morgan fingerprint density at radius 2 is 1.86 bits per heavy atom. The number of allylic oxidation sites excluding steroid dienone is 1. The highest BCUT2D eigenvalue weighted by molar-refractivity contribution is 5.93. The summed E-state index contributed by atoms with van der Waals surface area (Å²) in [4.78, 5) is 4.01. The second-order valence-corrected chi connectivity index (χ2v) is 2.90. The van der Waals surface area contributed by atoms with Gasteiger partial charge in [0.25, 0.3) is 0 Å². The normalized spacial score (nSPS) is 13.0. The smallest absolute Gasteiger partial charge is 0.125 e. The van der Waals surface area contributed by atoms with Gasteiger partial charge in [-0.1, -0.05) is 0 Å². The first-order chi connectivity index (χ1) is 6.58. The highest BCUT2D eigenvalue weighted by Gasteiger charge is 1.92. The summed E-state index contributed by atoms with van der Waals surface area (Å²) in [7, 11) is 0. The maximum absolute atomic E-state index is 12.5. The zero-order chi connectivity index (χ0) is 10.6. The predicted molar refractivity (Wildman–Crippen MR) is 55.6 cm³/mol. The Bertz CT molecular complexity index is 361. The van der Waals surface area contributed by atoms with Gasteiger partial charge in [-0.2, -0.15) is 0 Å². The van der Waals surface area contributed by atoms with Crippen molar-refractivity contribution in [2.75, 3.05) is 0 Å². The van der Waals surface area contributed by atoms with Crippen LogP contribution in [0, 0.1) is 5.82 Å². The fourth-order valence-electron chi connectivity index (χ4n) is 0.930. The minimum atomic E-state index is -0.298. The van der Waals surface area contributed by atoms with E-state index < -0.39 is 0 Å². The molecule has 0 aliphatic rings. The van der Waals surface area contributed by atoms with Crippen molar-refractivity contribution in [3.8, 4) is 0 Å². The molecule has 4 N–H and O–H groups in total. The number of rotatable bonds is 2. The minimum Gasteiger partial charge on any atom is -0.402 e. The van der Waals surface area contributed by atoms with Gasteiger partial charge >= 0.3 is 0 Å². The van der Waals surface area contributed by atoms with E-state index in [1.165, 1.54) is 12.1 Å². The maximum atomic E-state index is 12.5. The summed E-state index contributed by atoms with van der Waals surface area (Å²) in [6, 6.07) is 5.74. The summed E-state index contributed by atoms with van der Waals surface area (Å²) in [5.74, 6) is 0.00433. The zero-order valence-corrected chi connectivity index (χ0v) is 7.87. The van der Waals surface area contributed by atoms with Crippen molar-refractivity contribution in [1.82, 2.24) is 0 Å². The van der Waals surface area contributed by atoms with Gasteiger partial charge in [0, 0.05) is 5.70 Å². The molecule has 0 unspecified atom stereocenters. The van der Waals surface area contributed by atoms with Crippen molar-refractivity contribution in [1.29, 1.82) is 0 Å². The van der Waals surface area contributed by atoms with E-state index in [1.54, 1.807) is 25.1 Å². The molecule has 4 heteroatoms. The summed E-state index contributed by atoms with van der Waals surface area (Å²) < 4.78 is 12.5. The topological polar surface area (TPSA) is 64.4 Å². The lowest BCUT2D eigenvalue weighted by atomic mass is 10.3.